The van der Waals surface area contributed by atoms with E-state index < -0.39 is 70.4 Å². The Bertz CT molecular complexity index is 1130. The molecule has 5 aliphatic heterocycles. The number of fused-ring (bicyclic) bond motifs is 4. The van der Waals surface area contributed by atoms with Gasteiger partial charge in [0.05, 0.1) is 0 Å². The lowest BCUT2D eigenvalue weighted by molar-refractivity contribution is 0.00990. The summed E-state index contributed by atoms with van der Waals surface area (Å²) in [4.78, 5) is 51.7. The Morgan fingerprint density at radius 2 is 0.389 bits per heavy atom. The molecule has 54 heavy (non-hydrogen) atoms. The van der Waals surface area contributed by atoms with Gasteiger partial charge in [-0.15, -0.1) is 0 Å². The van der Waals surface area contributed by atoms with Gasteiger partial charge in [-0.2, -0.15) is 0 Å². The third-order valence-electron chi connectivity index (χ3n) is 8.44. The lowest BCUT2D eigenvalue weighted by Crippen LogP contribution is -2.81. The maximum Gasteiger partial charge on any atom is 0.483 e. The summed E-state index contributed by atoms with van der Waals surface area (Å²) < 4.78 is 71.4. The average Bonchev–Trinajstić information content (AvgIpc) is 2.80. The van der Waals surface area contributed by atoms with Gasteiger partial charge in [0, 0.05) is 48.4 Å². The van der Waals surface area contributed by atoms with Gasteiger partial charge in [-0.3, -0.25) is 0 Å². The second-order valence-electron chi connectivity index (χ2n) is 19.4. The van der Waals surface area contributed by atoms with Crippen molar-refractivity contribution >= 4 is 70.4 Å². The minimum Gasteiger partial charge on any atom is -0.391 e. The first-order valence-corrected chi connectivity index (χ1v) is 35.9. The van der Waals surface area contributed by atoms with Crippen molar-refractivity contribution in [2.75, 3.05) is 0 Å². The van der Waals surface area contributed by atoms with E-state index in [-0.39, 0.29) is 95.7 Å². The lowest BCUT2D eigenvalue weighted by Gasteiger charge is -2.56. The predicted molar refractivity (Wildman–Crippen MR) is 223 cm³/mol. The molecule has 5 heterocycles. The van der Waals surface area contributed by atoms with E-state index in [9.17, 15) is 19.2 Å². The van der Waals surface area contributed by atoms with Crippen LogP contribution in [0, 0.1) is 47.3 Å². The predicted octanol–water partition coefficient (Wildman–Crippen LogP) is 6.92. The molecule has 22 heteroatoms. The van der Waals surface area contributed by atoms with Gasteiger partial charge in [0.2, 0.25) is 0 Å². The summed E-state index contributed by atoms with van der Waals surface area (Å²) in [6.45, 7) is 31.6. The quantitative estimate of drug-likeness (QED) is 0.118. The Morgan fingerprint density at radius 3 is 0.556 bits per heavy atom. The Balaban J connectivity index is 2.68. The number of hydrogen-bond donors (Lipinski definition) is 4. The van der Waals surface area contributed by atoms with Crippen LogP contribution in [0.2, 0.25) is 48.4 Å². The molecular weight excluding hydrogens is 833 g/mol. The van der Waals surface area contributed by atoms with Crippen LogP contribution < -0.4 is 0 Å². The third-order valence-corrected chi connectivity index (χ3v) is 44.2. The fourth-order valence-corrected chi connectivity index (χ4v) is 50.5. The molecule has 0 aromatic heterocycles. The average molecular weight is 910 g/mol. The summed E-state index contributed by atoms with van der Waals surface area (Å²) in [7, 11) is -35.5. The van der Waals surface area contributed by atoms with Gasteiger partial charge < -0.3 is 60.3 Å². The summed E-state index contributed by atoms with van der Waals surface area (Å²) in [5.41, 5.74) is 0. The van der Waals surface area contributed by atoms with Crippen molar-refractivity contribution in [2.24, 2.45) is 47.3 Å². The molecule has 5 rings (SSSR count). The number of rotatable bonds is 16. The van der Waals surface area contributed by atoms with E-state index in [0.717, 1.165) is 0 Å². The molecule has 0 spiro atoms. The minimum atomic E-state index is -4.57. The summed E-state index contributed by atoms with van der Waals surface area (Å²) in [5.74, 6) is -0.904. The topological polar surface area (TPSA) is 173 Å². The monoisotopic (exact) mass is 908 g/mol. The molecule has 4 bridgehead atoms. The van der Waals surface area contributed by atoms with Gasteiger partial charge in [0.25, 0.3) is 0 Å². The van der Waals surface area contributed by atoms with Crippen molar-refractivity contribution in [1.29, 1.82) is 0 Å². The van der Waals surface area contributed by atoms with E-state index >= 15 is 0 Å². The van der Waals surface area contributed by atoms with Crippen LogP contribution in [0.25, 0.3) is 0 Å². The van der Waals surface area contributed by atoms with E-state index in [2.05, 4.69) is 0 Å². The summed E-state index contributed by atoms with van der Waals surface area (Å²) >= 11 is 0. The van der Waals surface area contributed by atoms with Crippen molar-refractivity contribution in [2.45, 2.75) is 159 Å². The first-order chi connectivity index (χ1) is 24.4. The second kappa shape index (κ2) is 18.4. The Morgan fingerprint density at radius 1 is 0.241 bits per heavy atom. The summed E-state index contributed by atoms with van der Waals surface area (Å²) in [6, 6.07) is 0.988. The first-order valence-electron chi connectivity index (χ1n) is 20.3. The van der Waals surface area contributed by atoms with Crippen LogP contribution in [0.5, 0.6) is 0 Å². The molecule has 14 nitrogen and oxygen atoms in total. The minimum absolute atomic E-state index is 0.0350. The van der Waals surface area contributed by atoms with Crippen LogP contribution in [-0.4, -0.2) is 89.6 Å². The normalized spacial score (nSPS) is 39.8. The van der Waals surface area contributed by atoms with E-state index in [1.807, 2.05) is 111 Å². The highest BCUT2D eigenvalue weighted by Gasteiger charge is 2.76. The van der Waals surface area contributed by atoms with Crippen LogP contribution in [0.3, 0.4) is 0 Å². The van der Waals surface area contributed by atoms with Crippen molar-refractivity contribution in [3.63, 3.8) is 0 Å². The largest absolute Gasteiger partial charge is 0.483 e. The van der Waals surface area contributed by atoms with E-state index in [1.54, 1.807) is 0 Å². The fourth-order valence-electron chi connectivity index (χ4n) is 7.65. The maximum atomic E-state index is 12.9. The van der Waals surface area contributed by atoms with E-state index in [0.29, 0.717) is 0 Å². The second-order valence-corrected chi connectivity index (χ2v) is 42.0. The standard InChI is InChI=1S/C32H76O14Si8/c1-25(2)17-47(33)37-48(34,18-26(3)4)39-52(22-30(11)12)41-50(36,20-28(7)8)43-53(23-31(13)14)44-51(38-47,21-29(9)10)40-49(35,19-27(5)6)42-54(45-52,46-53)24-32(15)16/h25-36H,17-24H2,1-16H3. The highest BCUT2D eigenvalue weighted by molar-refractivity contribution is 6.97. The van der Waals surface area contributed by atoms with Crippen LogP contribution in [0.4, 0.5) is 0 Å². The molecule has 5 saturated heterocycles. The summed E-state index contributed by atoms with van der Waals surface area (Å²) in [6.07, 6.45) is 0. The molecule has 4 N–H and O–H groups in total. The smallest absolute Gasteiger partial charge is 0.391 e. The third kappa shape index (κ3) is 14.1. The Hall–Kier alpha value is 1.18. The van der Waals surface area contributed by atoms with Gasteiger partial charge in [-0.1, -0.05) is 111 Å². The lowest BCUT2D eigenvalue weighted by atomic mass is 10.3. The molecule has 5 aliphatic rings. The number of hydrogen-bond acceptors (Lipinski definition) is 14. The Labute approximate surface area is 335 Å². The van der Waals surface area contributed by atoms with E-state index in [4.69, 9.17) is 41.2 Å². The zero-order chi connectivity index (χ0) is 41.3. The molecule has 320 valence electrons. The van der Waals surface area contributed by atoms with Crippen molar-refractivity contribution in [3.05, 3.63) is 0 Å². The van der Waals surface area contributed by atoms with Crippen LogP contribution in [-0.2, 0) is 41.2 Å². The van der Waals surface area contributed by atoms with Crippen LogP contribution in [0.15, 0.2) is 0 Å². The molecule has 0 aromatic carbocycles. The van der Waals surface area contributed by atoms with Crippen LogP contribution in [0.1, 0.15) is 111 Å². The highest BCUT2D eigenvalue weighted by Crippen LogP contribution is 2.49. The maximum absolute atomic E-state index is 12.9. The first kappa shape index (κ1) is 49.5. The molecule has 0 aromatic rings. The molecule has 8 unspecified atom stereocenters. The molecule has 0 saturated carbocycles. The van der Waals surface area contributed by atoms with Gasteiger partial charge in [0.15, 0.2) is 0 Å². The molecule has 0 amide bonds. The van der Waals surface area contributed by atoms with Crippen LogP contribution >= 0.6 is 0 Å². The van der Waals surface area contributed by atoms with Crippen molar-refractivity contribution in [1.82, 2.24) is 0 Å². The van der Waals surface area contributed by atoms with Gasteiger partial charge in [-0.25, -0.2) is 0 Å². The van der Waals surface area contributed by atoms with Gasteiger partial charge >= 0.3 is 70.4 Å². The molecule has 8 atom stereocenters. The summed E-state index contributed by atoms with van der Waals surface area (Å²) in [5, 5.41) is 0. The fraction of sp³-hybridized carbons (Fsp3) is 1.00. The van der Waals surface area contributed by atoms with Crippen molar-refractivity contribution in [3.8, 4) is 0 Å². The Kier molecular flexibility index (Phi) is 16.9. The molecular formula is C32H76O14Si8. The van der Waals surface area contributed by atoms with Gasteiger partial charge in [0.1, 0.15) is 0 Å². The van der Waals surface area contributed by atoms with Crippen molar-refractivity contribution < 1.29 is 60.3 Å². The zero-order valence-corrected chi connectivity index (χ0v) is 44.1. The van der Waals surface area contributed by atoms with E-state index in [1.165, 1.54) is 0 Å². The zero-order valence-electron chi connectivity index (χ0n) is 36.1. The molecule has 0 aliphatic carbocycles. The SMILES string of the molecule is CC(C)C[Si]1(O)O[Si](O)(CC(C)C)O[Si]2(CC(C)C)O[Si](O)(CC(C)C)O[Si]3(CC(C)C)O[Si](CC(C)C)(O1)O[Si](O)(CC(C)C)O[Si](CC(C)C)(O2)O3. The highest BCUT2D eigenvalue weighted by atomic mass is 28.6. The molecule has 0 radical (unpaired) electrons. The molecule has 5 fully saturated rings. The van der Waals surface area contributed by atoms with Gasteiger partial charge in [-0.05, 0) is 47.3 Å².